The van der Waals surface area contributed by atoms with E-state index in [1.807, 2.05) is 24.3 Å². The lowest BCUT2D eigenvalue weighted by Crippen LogP contribution is -2.11. The molecule has 0 radical (unpaired) electrons. The molecule has 0 saturated carbocycles. The highest BCUT2D eigenvalue weighted by Crippen LogP contribution is 2.23. The Morgan fingerprint density at radius 3 is 2.24 bits per heavy atom. The standard InChI is InChI=1S/C18H18ClFO/c1-18(2,3)14-7-4-12(5-8-14)10-17(21)13-6-9-15(19)16(20)11-13/h4-9,11H,10H2,1-3H3. The van der Waals surface area contributed by atoms with E-state index in [4.69, 9.17) is 11.6 Å². The predicted molar refractivity (Wildman–Crippen MR) is 84.6 cm³/mol. The smallest absolute Gasteiger partial charge is 0.167 e. The summed E-state index contributed by atoms with van der Waals surface area (Å²) in [7, 11) is 0. The van der Waals surface area contributed by atoms with Crippen LogP contribution in [0.25, 0.3) is 0 Å². The number of hydrogen-bond donors (Lipinski definition) is 0. The second kappa shape index (κ2) is 5.98. The zero-order valence-electron chi connectivity index (χ0n) is 12.4. The second-order valence-electron chi connectivity index (χ2n) is 6.18. The molecule has 0 aliphatic carbocycles. The maximum Gasteiger partial charge on any atom is 0.167 e. The van der Waals surface area contributed by atoms with Crippen molar-refractivity contribution in [2.45, 2.75) is 32.6 Å². The first-order valence-corrected chi connectivity index (χ1v) is 7.23. The van der Waals surface area contributed by atoms with Crippen LogP contribution in [0.15, 0.2) is 42.5 Å². The maximum absolute atomic E-state index is 13.4. The van der Waals surface area contributed by atoms with Gasteiger partial charge in [0, 0.05) is 12.0 Å². The molecule has 21 heavy (non-hydrogen) atoms. The van der Waals surface area contributed by atoms with Crippen LogP contribution in [-0.4, -0.2) is 5.78 Å². The number of rotatable bonds is 3. The van der Waals surface area contributed by atoms with Crippen LogP contribution in [0.1, 0.15) is 42.3 Å². The van der Waals surface area contributed by atoms with Crippen molar-refractivity contribution in [3.63, 3.8) is 0 Å². The molecule has 3 heteroatoms. The number of Topliss-reactive ketones (excluding diaryl/α,β-unsaturated/α-hetero) is 1. The minimum Gasteiger partial charge on any atom is -0.294 e. The van der Waals surface area contributed by atoms with E-state index in [1.54, 1.807) is 6.07 Å². The van der Waals surface area contributed by atoms with Crippen LogP contribution >= 0.6 is 11.6 Å². The first-order chi connectivity index (χ1) is 9.77. The van der Waals surface area contributed by atoms with Gasteiger partial charge in [-0.2, -0.15) is 0 Å². The maximum atomic E-state index is 13.4. The van der Waals surface area contributed by atoms with E-state index >= 15 is 0 Å². The quantitative estimate of drug-likeness (QED) is 0.712. The normalized spacial score (nSPS) is 11.5. The van der Waals surface area contributed by atoms with Crippen molar-refractivity contribution in [1.82, 2.24) is 0 Å². The Morgan fingerprint density at radius 1 is 1.10 bits per heavy atom. The second-order valence-corrected chi connectivity index (χ2v) is 6.58. The number of carbonyl (C=O) groups excluding carboxylic acids is 1. The van der Waals surface area contributed by atoms with Gasteiger partial charge in [0.2, 0.25) is 0 Å². The number of hydrogen-bond acceptors (Lipinski definition) is 1. The predicted octanol–water partition coefficient (Wildman–Crippen LogP) is 5.20. The molecule has 2 aromatic rings. The summed E-state index contributed by atoms with van der Waals surface area (Å²) < 4.78 is 13.4. The molecular weight excluding hydrogens is 287 g/mol. The number of ketones is 1. The van der Waals surface area contributed by atoms with Gasteiger partial charge in [-0.05, 0) is 34.7 Å². The molecule has 0 spiro atoms. The molecule has 0 bridgehead atoms. The summed E-state index contributed by atoms with van der Waals surface area (Å²) in [5.74, 6) is -0.681. The molecular formula is C18H18ClFO. The molecule has 1 nitrogen and oxygen atoms in total. The highest BCUT2D eigenvalue weighted by Gasteiger charge is 2.14. The molecule has 2 rings (SSSR count). The SMILES string of the molecule is CC(C)(C)c1ccc(CC(=O)c2ccc(Cl)c(F)c2)cc1. The van der Waals surface area contributed by atoms with E-state index in [1.165, 1.54) is 17.7 Å². The molecule has 0 N–H and O–H groups in total. The van der Waals surface area contributed by atoms with Gasteiger partial charge in [-0.3, -0.25) is 4.79 Å². The van der Waals surface area contributed by atoms with Crippen LogP contribution in [-0.2, 0) is 11.8 Å². The molecule has 2 aromatic carbocycles. The largest absolute Gasteiger partial charge is 0.294 e. The summed E-state index contributed by atoms with van der Waals surface area (Å²) >= 11 is 5.62. The lowest BCUT2D eigenvalue weighted by Gasteiger charge is -2.19. The van der Waals surface area contributed by atoms with Gasteiger partial charge in [0.25, 0.3) is 0 Å². The van der Waals surface area contributed by atoms with Crippen LogP contribution in [0, 0.1) is 5.82 Å². The zero-order chi connectivity index (χ0) is 15.6. The van der Waals surface area contributed by atoms with E-state index in [9.17, 15) is 9.18 Å². The zero-order valence-corrected chi connectivity index (χ0v) is 13.2. The molecule has 0 unspecified atom stereocenters. The van der Waals surface area contributed by atoms with Gasteiger partial charge in [0.15, 0.2) is 5.78 Å². The van der Waals surface area contributed by atoms with Crippen molar-refractivity contribution in [3.05, 3.63) is 70.0 Å². The van der Waals surface area contributed by atoms with Crippen molar-refractivity contribution < 1.29 is 9.18 Å². The van der Waals surface area contributed by atoms with Gasteiger partial charge < -0.3 is 0 Å². The fourth-order valence-corrected chi connectivity index (χ4v) is 2.20. The average molecular weight is 305 g/mol. The van der Waals surface area contributed by atoms with Crippen LogP contribution in [0.4, 0.5) is 4.39 Å². The van der Waals surface area contributed by atoms with Gasteiger partial charge in [0.1, 0.15) is 5.82 Å². The molecule has 110 valence electrons. The minimum atomic E-state index is -0.564. The molecule has 0 amide bonds. The third-order valence-electron chi connectivity index (χ3n) is 3.43. The first-order valence-electron chi connectivity index (χ1n) is 6.85. The van der Waals surface area contributed by atoms with Crippen molar-refractivity contribution in [2.75, 3.05) is 0 Å². The summed E-state index contributed by atoms with van der Waals surface area (Å²) in [6.45, 7) is 6.43. The summed E-state index contributed by atoms with van der Waals surface area (Å²) in [6.07, 6.45) is 0.255. The molecule has 0 atom stereocenters. The molecule has 0 aromatic heterocycles. The fraction of sp³-hybridized carbons (Fsp3) is 0.278. The number of carbonyl (C=O) groups is 1. The van der Waals surface area contributed by atoms with Crippen LogP contribution in [0.3, 0.4) is 0 Å². The van der Waals surface area contributed by atoms with Gasteiger partial charge in [-0.25, -0.2) is 4.39 Å². The highest BCUT2D eigenvalue weighted by atomic mass is 35.5. The topological polar surface area (TPSA) is 17.1 Å². The summed E-state index contributed by atoms with van der Waals surface area (Å²) in [5, 5.41) is 0.0288. The Morgan fingerprint density at radius 2 is 1.71 bits per heavy atom. The van der Waals surface area contributed by atoms with E-state index in [2.05, 4.69) is 20.8 Å². The molecule has 0 aliphatic heterocycles. The van der Waals surface area contributed by atoms with Crippen molar-refractivity contribution in [1.29, 1.82) is 0 Å². The average Bonchev–Trinajstić information content (AvgIpc) is 2.41. The Kier molecular flexibility index (Phi) is 4.48. The molecule has 0 fully saturated rings. The van der Waals surface area contributed by atoms with Crippen LogP contribution < -0.4 is 0 Å². The van der Waals surface area contributed by atoms with Gasteiger partial charge in [-0.1, -0.05) is 56.6 Å². The molecule has 0 saturated heterocycles. The summed E-state index contributed by atoms with van der Waals surface area (Å²) in [4.78, 5) is 12.1. The third kappa shape index (κ3) is 3.92. The number of halogens is 2. The number of benzene rings is 2. The summed E-state index contributed by atoms with van der Waals surface area (Å²) in [6, 6.07) is 12.1. The van der Waals surface area contributed by atoms with Gasteiger partial charge in [0.05, 0.1) is 5.02 Å². The molecule has 0 aliphatic rings. The Hall–Kier alpha value is -1.67. The monoisotopic (exact) mass is 304 g/mol. The van der Waals surface area contributed by atoms with E-state index in [-0.39, 0.29) is 22.6 Å². The van der Waals surface area contributed by atoms with Gasteiger partial charge in [-0.15, -0.1) is 0 Å². The van der Waals surface area contributed by atoms with E-state index in [0.29, 0.717) is 5.56 Å². The van der Waals surface area contributed by atoms with Gasteiger partial charge >= 0.3 is 0 Å². The Balaban J connectivity index is 2.14. The minimum absolute atomic E-state index is 0.0288. The first kappa shape index (κ1) is 15.7. The van der Waals surface area contributed by atoms with Crippen molar-refractivity contribution >= 4 is 17.4 Å². The third-order valence-corrected chi connectivity index (χ3v) is 3.73. The van der Waals surface area contributed by atoms with E-state index in [0.717, 1.165) is 5.56 Å². The van der Waals surface area contributed by atoms with Crippen molar-refractivity contribution in [2.24, 2.45) is 0 Å². The van der Waals surface area contributed by atoms with E-state index < -0.39 is 5.82 Å². The van der Waals surface area contributed by atoms with Crippen molar-refractivity contribution in [3.8, 4) is 0 Å². The summed E-state index contributed by atoms with van der Waals surface area (Å²) in [5.41, 5.74) is 2.57. The lowest BCUT2D eigenvalue weighted by molar-refractivity contribution is 0.0992. The lowest BCUT2D eigenvalue weighted by atomic mass is 9.86. The fourth-order valence-electron chi connectivity index (χ4n) is 2.08. The highest BCUT2D eigenvalue weighted by molar-refractivity contribution is 6.30. The molecule has 0 heterocycles. The van der Waals surface area contributed by atoms with Crippen LogP contribution in [0.2, 0.25) is 5.02 Å². The Labute approximate surface area is 129 Å². The van der Waals surface area contributed by atoms with Crippen LogP contribution in [0.5, 0.6) is 0 Å². The Bertz CT molecular complexity index is 654.